The van der Waals surface area contributed by atoms with Crippen molar-refractivity contribution in [3.8, 4) is 17.5 Å². The third-order valence-electron chi connectivity index (χ3n) is 4.74. The molecule has 2 heterocycles. The molecule has 0 aliphatic heterocycles. The Morgan fingerprint density at radius 3 is 2.74 bits per heavy atom. The van der Waals surface area contributed by atoms with Crippen molar-refractivity contribution < 1.29 is 4.42 Å². The van der Waals surface area contributed by atoms with Gasteiger partial charge in [-0.05, 0) is 38.3 Å². The van der Waals surface area contributed by atoms with Gasteiger partial charge in [-0.3, -0.25) is 13.9 Å². The summed E-state index contributed by atoms with van der Waals surface area (Å²) in [5.74, 6) is 0.439. The van der Waals surface area contributed by atoms with Crippen molar-refractivity contribution in [2.45, 2.75) is 39.3 Å². The van der Waals surface area contributed by atoms with Gasteiger partial charge in [0.15, 0.2) is 0 Å². The van der Waals surface area contributed by atoms with Crippen LogP contribution in [0.2, 0.25) is 0 Å². The SMILES string of the molecule is Cc1ccc(-c2nc(Cn3c(=O)c(C#N)cn(C4CC4)c3=O)co2)c(C)c1. The normalized spacial score (nSPS) is 13.5. The molecule has 0 atom stereocenters. The van der Waals surface area contributed by atoms with Gasteiger partial charge >= 0.3 is 5.69 Å². The maximum Gasteiger partial charge on any atom is 0.331 e. The Kier molecular flexibility index (Phi) is 4.04. The summed E-state index contributed by atoms with van der Waals surface area (Å²) in [4.78, 5) is 29.6. The zero-order valence-electron chi connectivity index (χ0n) is 15.1. The monoisotopic (exact) mass is 362 g/mol. The molecule has 0 amide bonds. The summed E-state index contributed by atoms with van der Waals surface area (Å²) < 4.78 is 8.10. The predicted octanol–water partition coefficient (Wildman–Crippen LogP) is 2.54. The van der Waals surface area contributed by atoms with Gasteiger partial charge in [0.2, 0.25) is 5.89 Å². The molecule has 0 saturated heterocycles. The molecule has 2 aromatic heterocycles. The molecule has 0 unspecified atom stereocenters. The molecule has 27 heavy (non-hydrogen) atoms. The summed E-state index contributed by atoms with van der Waals surface area (Å²) in [6.45, 7) is 3.95. The van der Waals surface area contributed by atoms with Crippen LogP contribution in [0.15, 0.2) is 44.7 Å². The number of nitrogens with zero attached hydrogens (tertiary/aromatic N) is 4. The predicted molar refractivity (Wildman–Crippen MR) is 98.5 cm³/mol. The van der Waals surface area contributed by atoms with E-state index in [9.17, 15) is 14.9 Å². The number of aromatic nitrogens is 3. The molecule has 0 spiro atoms. The van der Waals surface area contributed by atoms with Gasteiger partial charge in [-0.1, -0.05) is 17.7 Å². The van der Waals surface area contributed by atoms with Crippen LogP contribution in [0.4, 0.5) is 0 Å². The largest absolute Gasteiger partial charge is 0.444 e. The summed E-state index contributed by atoms with van der Waals surface area (Å²) in [5.41, 5.74) is 2.43. The highest BCUT2D eigenvalue weighted by atomic mass is 16.3. The van der Waals surface area contributed by atoms with Crippen LogP contribution in [0.1, 0.15) is 41.3 Å². The lowest BCUT2D eigenvalue weighted by Crippen LogP contribution is -2.41. The fourth-order valence-electron chi connectivity index (χ4n) is 3.17. The van der Waals surface area contributed by atoms with E-state index in [0.717, 1.165) is 34.1 Å². The highest BCUT2D eigenvalue weighted by molar-refractivity contribution is 5.59. The minimum Gasteiger partial charge on any atom is -0.444 e. The molecule has 136 valence electrons. The van der Waals surface area contributed by atoms with Crippen molar-refractivity contribution in [3.05, 3.63) is 73.9 Å². The molecule has 0 bridgehead atoms. The van der Waals surface area contributed by atoms with Crippen molar-refractivity contribution in [2.75, 3.05) is 0 Å². The van der Waals surface area contributed by atoms with Crippen LogP contribution in [0.3, 0.4) is 0 Å². The first-order chi connectivity index (χ1) is 13.0. The average Bonchev–Trinajstić information content (AvgIpc) is 3.37. The summed E-state index contributed by atoms with van der Waals surface area (Å²) in [7, 11) is 0. The van der Waals surface area contributed by atoms with Gasteiger partial charge in [0.1, 0.15) is 17.9 Å². The minimum atomic E-state index is -0.601. The van der Waals surface area contributed by atoms with E-state index in [2.05, 4.69) is 4.98 Å². The molecule has 7 nitrogen and oxygen atoms in total. The molecule has 1 aromatic carbocycles. The van der Waals surface area contributed by atoms with Gasteiger partial charge < -0.3 is 4.42 Å². The number of hydrogen-bond acceptors (Lipinski definition) is 5. The number of hydrogen-bond donors (Lipinski definition) is 0. The number of oxazole rings is 1. The van der Waals surface area contributed by atoms with Gasteiger partial charge in [0.25, 0.3) is 5.56 Å². The second-order valence-electron chi connectivity index (χ2n) is 6.93. The second-order valence-corrected chi connectivity index (χ2v) is 6.93. The maximum atomic E-state index is 12.7. The zero-order valence-corrected chi connectivity index (χ0v) is 15.1. The van der Waals surface area contributed by atoms with Crippen LogP contribution in [0, 0.1) is 25.2 Å². The lowest BCUT2D eigenvalue weighted by molar-refractivity contribution is 0.563. The fourth-order valence-corrected chi connectivity index (χ4v) is 3.17. The summed E-state index contributed by atoms with van der Waals surface area (Å²) >= 11 is 0. The van der Waals surface area contributed by atoms with E-state index < -0.39 is 11.2 Å². The summed E-state index contributed by atoms with van der Waals surface area (Å²) in [5, 5.41) is 9.22. The number of benzene rings is 1. The lowest BCUT2D eigenvalue weighted by atomic mass is 10.1. The highest BCUT2D eigenvalue weighted by Crippen LogP contribution is 2.33. The molecule has 1 aliphatic rings. The summed E-state index contributed by atoms with van der Waals surface area (Å²) in [6, 6.07) is 7.89. The van der Waals surface area contributed by atoms with E-state index >= 15 is 0 Å². The van der Waals surface area contributed by atoms with Crippen molar-refractivity contribution in [1.82, 2.24) is 14.1 Å². The van der Waals surface area contributed by atoms with Crippen molar-refractivity contribution in [3.63, 3.8) is 0 Å². The Labute approximate surface area is 155 Å². The van der Waals surface area contributed by atoms with Gasteiger partial charge in [-0.15, -0.1) is 0 Å². The molecular formula is C20H18N4O3. The Hall–Kier alpha value is -3.40. The Morgan fingerprint density at radius 1 is 1.30 bits per heavy atom. The maximum absolute atomic E-state index is 12.7. The van der Waals surface area contributed by atoms with E-state index in [1.54, 1.807) is 0 Å². The molecule has 7 heteroatoms. The third-order valence-corrected chi connectivity index (χ3v) is 4.74. The van der Waals surface area contributed by atoms with Gasteiger partial charge in [-0.25, -0.2) is 9.78 Å². The topological polar surface area (TPSA) is 93.8 Å². The zero-order chi connectivity index (χ0) is 19.1. The van der Waals surface area contributed by atoms with Crippen LogP contribution >= 0.6 is 0 Å². The molecule has 1 fully saturated rings. The smallest absolute Gasteiger partial charge is 0.331 e. The standard InChI is InChI=1S/C20H18N4O3/c1-12-3-6-17(13(2)7-12)18-22-15(11-27-18)10-24-19(25)14(8-21)9-23(20(24)26)16-4-5-16/h3,6-7,9,11,16H,4-5,10H2,1-2H3. The molecule has 1 saturated carbocycles. The summed E-state index contributed by atoms with van der Waals surface area (Å²) in [6.07, 6.45) is 4.57. The van der Waals surface area contributed by atoms with Crippen LogP contribution in [0.5, 0.6) is 0 Å². The van der Waals surface area contributed by atoms with Crippen LogP contribution in [-0.2, 0) is 6.54 Å². The van der Waals surface area contributed by atoms with E-state index in [0.29, 0.717) is 11.6 Å². The van der Waals surface area contributed by atoms with Gasteiger partial charge in [0, 0.05) is 17.8 Å². The minimum absolute atomic E-state index is 0.0334. The first-order valence-electron chi connectivity index (χ1n) is 8.76. The number of rotatable bonds is 4. The molecule has 0 radical (unpaired) electrons. The molecule has 3 aromatic rings. The van der Waals surface area contributed by atoms with E-state index in [1.807, 2.05) is 38.1 Å². The third kappa shape index (κ3) is 3.10. The first kappa shape index (κ1) is 17.0. The van der Waals surface area contributed by atoms with Crippen LogP contribution < -0.4 is 11.2 Å². The molecule has 4 rings (SSSR count). The lowest BCUT2D eigenvalue weighted by Gasteiger charge is -2.08. The molecular weight excluding hydrogens is 344 g/mol. The van der Waals surface area contributed by atoms with Crippen molar-refractivity contribution >= 4 is 0 Å². The fraction of sp³-hybridized carbons (Fsp3) is 0.300. The first-order valence-corrected chi connectivity index (χ1v) is 8.76. The molecule has 1 aliphatic carbocycles. The highest BCUT2D eigenvalue weighted by Gasteiger charge is 2.27. The molecule has 0 N–H and O–H groups in total. The quantitative estimate of drug-likeness (QED) is 0.711. The van der Waals surface area contributed by atoms with E-state index in [1.165, 1.54) is 17.0 Å². The number of aryl methyl sites for hydroxylation is 2. The Balaban J connectivity index is 1.73. The number of nitriles is 1. The Bertz CT molecular complexity index is 1190. The van der Waals surface area contributed by atoms with Crippen LogP contribution in [-0.4, -0.2) is 14.1 Å². The van der Waals surface area contributed by atoms with Crippen molar-refractivity contribution in [1.29, 1.82) is 5.26 Å². The van der Waals surface area contributed by atoms with Crippen molar-refractivity contribution in [2.24, 2.45) is 0 Å². The van der Waals surface area contributed by atoms with Gasteiger partial charge in [0.05, 0.1) is 12.2 Å². The van der Waals surface area contributed by atoms with E-state index in [4.69, 9.17) is 4.42 Å². The second kappa shape index (κ2) is 6.40. The van der Waals surface area contributed by atoms with Gasteiger partial charge in [-0.2, -0.15) is 5.26 Å². The average molecular weight is 362 g/mol. The van der Waals surface area contributed by atoms with Crippen LogP contribution in [0.25, 0.3) is 11.5 Å². The Morgan fingerprint density at radius 2 is 2.07 bits per heavy atom. The van der Waals surface area contributed by atoms with E-state index in [-0.39, 0.29) is 18.2 Å².